The number of carbonyl (C=O) groups excluding carboxylic acids is 2. The van der Waals surface area contributed by atoms with Gasteiger partial charge in [-0.1, -0.05) is 25.3 Å². The van der Waals surface area contributed by atoms with Crippen molar-refractivity contribution < 1.29 is 22.7 Å². The van der Waals surface area contributed by atoms with Crippen LogP contribution in [0, 0.1) is 5.41 Å². The lowest BCUT2D eigenvalue weighted by Crippen LogP contribution is -2.50. The van der Waals surface area contributed by atoms with E-state index in [4.69, 9.17) is 9.88 Å². The van der Waals surface area contributed by atoms with Gasteiger partial charge in [0.25, 0.3) is 16.1 Å². The number of ether oxygens (including phenoxy) is 1. The van der Waals surface area contributed by atoms with Gasteiger partial charge < -0.3 is 14.2 Å². The number of nitrogens with two attached hydrogens (primary N) is 1. The highest BCUT2D eigenvalue weighted by Crippen LogP contribution is 2.66. The molecule has 11 heteroatoms. The number of rotatable bonds is 5. The van der Waals surface area contributed by atoms with Crippen LogP contribution >= 0.6 is 0 Å². The lowest BCUT2D eigenvalue weighted by molar-refractivity contribution is -0.140. The zero-order valence-corrected chi connectivity index (χ0v) is 26.0. The fourth-order valence-corrected chi connectivity index (χ4v) is 9.39. The highest BCUT2D eigenvalue weighted by molar-refractivity contribution is 7.87. The van der Waals surface area contributed by atoms with E-state index < -0.39 is 21.5 Å². The molecule has 8 rings (SSSR count). The summed E-state index contributed by atoms with van der Waals surface area (Å²) >= 11 is 0. The van der Waals surface area contributed by atoms with Crippen LogP contribution < -0.4 is 14.6 Å². The summed E-state index contributed by atoms with van der Waals surface area (Å²) in [6.45, 7) is 2.19. The van der Waals surface area contributed by atoms with Gasteiger partial charge in [0.15, 0.2) is 0 Å². The van der Waals surface area contributed by atoms with Gasteiger partial charge in [0, 0.05) is 59.7 Å². The lowest BCUT2D eigenvalue weighted by atomic mass is 9.81. The van der Waals surface area contributed by atoms with Crippen LogP contribution in [0.15, 0.2) is 36.4 Å². The second-order valence-electron chi connectivity index (χ2n) is 13.7. The fraction of sp³-hybridized carbons (Fsp3) is 0.515. The van der Waals surface area contributed by atoms with Crippen LogP contribution in [-0.4, -0.2) is 73.9 Å². The predicted molar refractivity (Wildman–Crippen MR) is 167 cm³/mol. The van der Waals surface area contributed by atoms with Crippen LogP contribution in [0.5, 0.6) is 5.75 Å². The van der Waals surface area contributed by atoms with Crippen LogP contribution in [-0.2, 0) is 21.5 Å². The molecule has 3 N–H and O–H groups in total. The number of hydrogen-bond acceptors (Lipinski definition) is 6. The van der Waals surface area contributed by atoms with E-state index in [1.165, 1.54) is 12.0 Å². The Balaban J connectivity index is 1.33. The molecule has 4 atom stereocenters. The van der Waals surface area contributed by atoms with Gasteiger partial charge in [-0.3, -0.25) is 14.5 Å². The van der Waals surface area contributed by atoms with E-state index in [1.54, 1.807) is 19.2 Å². The first-order chi connectivity index (χ1) is 21.1. The van der Waals surface area contributed by atoms with Crippen molar-refractivity contribution in [2.45, 2.75) is 75.4 Å². The first-order valence-electron chi connectivity index (χ1n) is 15.8. The second-order valence-corrected chi connectivity index (χ2v) is 15.0. The van der Waals surface area contributed by atoms with Crippen LogP contribution in [0.2, 0.25) is 0 Å². The normalized spacial score (nSPS) is 27.9. The summed E-state index contributed by atoms with van der Waals surface area (Å²) in [5, 5.41) is 6.20. The molecule has 44 heavy (non-hydrogen) atoms. The first-order valence-corrected chi connectivity index (χ1v) is 17.3. The van der Waals surface area contributed by atoms with Gasteiger partial charge in [-0.2, -0.15) is 8.42 Å². The van der Waals surface area contributed by atoms with E-state index >= 15 is 0 Å². The SMILES string of the molecule is COc1ccc2c(c1)C1CC1(C(=O)N1C[C@@H]3C[C@@H]1CN3C)Cn1c-2c(C2CCCCC2)c2ccc(C(=O)NS(N)(=O)=O)cc21. The van der Waals surface area contributed by atoms with Crippen molar-refractivity contribution >= 4 is 32.9 Å². The van der Waals surface area contributed by atoms with Crippen molar-refractivity contribution in [2.75, 3.05) is 27.2 Å². The van der Waals surface area contributed by atoms with E-state index in [0.29, 0.717) is 18.5 Å². The van der Waals surface area contributed by atoms with E-state index in [0.717, 1.165) is 85.1 Å². The number of piperazine rings is 1. The maximum Gasteiger partial charge on any atom is 0.298 e. The summed E-state index contributed by atoms with van der Waals surface area (Å²) in [6, 6.07) is 12.3. The number of carbonyl (C=O) groups is 2. The van der Waals surface area contributed by atoms with Gasteiger partial charge in [0.1, 0.15) is 5.75 Å². The van der Waals surface area contributed by atoms with Gasteiger partial charge >= 0.3 is 0 Å². The molecule has 0 radical (unpaired) electrons. The molecule has 10 nitrogen and oxygen atoms in total. The van der Waals surface area contributed by atoms with Crippen LogP contribution in [0.3, 0.4) is 0 Å². The van der Waals surface area contributed by atoms with Gasteiger partial charge in [-0.15, -0.1) is 0 Å². The van der Waals surface area contributed by atoms with Gasteiger partial charge in [0.2, 0.25) is 5.91 Å². The monoisotopic (exact) mass is 617 g/mol. The highest BCUT2D eigenvalue weighted by Gasteiger charge is 2.65. The second kappa shape index (κ2) is 9.79. The maximum atomic E-state index is 14.7. The number of nitrogens with one attached hydrogen (secondary N) is 1. The number of aromatic nitrogens is 1. The Bertz CT molecular complexity index is 1830. The summed E-state index contributed by atoms with van der Waals surface area (Å²) in [6.07, 6.45) is 7.52. The van der Waals surface area contributed by atoms with Crippen LogP contribution in [0.4, 0.5) is 0 Å². The number of nitrogens with zero attached hydrogens (tertiary/aromatic N) is 3. The molecule has 5 aliphatic rings. The molecule has 232 valence electrons. The average Bonchev–Trinajstić information content (AvgIpc) is 3.25. The number of benzene rings is 2. The zero-order valence-electron chi connectivity index (χ0n) is 25.2. The van der Waals surface area contributed by atoms with Crippen molar-refractivity contribution in [3.8, 4) is 17.0 Å². The van der Waals surface area contributed by atoms with Crippen molar-refractivity contribution in [1.82, 2.24) is 19.1 Å². The molecule has 1 aromatic heterocycles. The number of hydrogen-bond donors (Lipinski definition) is 2. The van der Waals surface area contributed by atoms with Crippen molar-refractivity contribution in [2.24, 2.45) is 10.6 Å². The molecule has 2 amide bonds. The molecule has 4 fully saturated rings. The zero-order chi connectivity index (χ0) is 30.5. The Morgan fingerprint density at radius 2 is 1.84 bits per heavy atom. The largest absolute Gasteiger partial charge is 0.497 e. The highest BCUT2D eigenvalue weighted by atomic mass is 32.2. The molecule has 2 aliphatic carbocycles. The lowest BCUT2D eigenvalue weighted by Gasteiger charge is -2.35. The van der Waals surface area contributed by atoms with E-state index in [2.05, 4.69) is 33.5 Å². The van der Waals surface area contributed by atoms with Crippen molar-refractivity contribution in [3.63, 3.8) is 0 Å². The maximum absolute atomic E-state index is 14.7. The minimum atomic E-state index is -4.22. The summed E-state index contributed by atoms with van der Waals surface area (Å²) in [4.78, 5) is 32.2. The molecule has 0 spiro atoms. The summed E-state index contributed by atoms with van der Waals surface area (Å²) in [7, 11) is -0.392. The van der Waals surface area contributed by atoms with Gasteiger partial charge in [-0.05, 0) is 80.1 Å². The molecule has 2 unspecified atom stereocenters. The number of likely N-dealkylation sites (tertiary alicyclic amines) is 2. The Kier molecular flexibility index (Phi) is 6.25. The predicted octanol–water partition coefficient (Wildman–Crippen LogP) is 3.70. The quantitative estimate of drug-likeness (QED) is 0.450. The molecule has 3 aromatic rings. The standard InChI is InChI=1S/C33H39N5O5S/c1-36-16-22-13-21(36)17-37(22)32(40)33-15-27(33)26-14-23(43-2)9-11-24(26)30-29(19-6-4-3-5-7-19)25-10-8-20(12-28(25)38(30)18-33)31(39)35-44(34,41)42/h8-12,14,19,21-22,27H,3-7,13,15-18H2,1-2H3,(H,35,39)(H2,34,41,42)/t21-,22+,27?,33?/m0/s1. The molecule has 2 saturated carbocycles. The van der Waals surface area contributed by atoms with E-state index in [-0.39, 0.29) is 23.4 Å². The van der Waals surface area contributed by atoms with Gasteiger partial charge in [0.05, 0.1) is 18.2 Å². The molecule has 2 aromatic carbocycles. The Morgan fingerprint density at radius 1 is 1.05 bits per heavy atom. The Morgan fingerprint density at radius 3 is 2.52 bits per heavy atom. The number of amides is 2. The first kappa shape index (κ1) is 28.1. The third-order valence-electron chi connectivity index (χ3n) is 11.2. The van der Waals surface area contributed by atoms with Crippen molar-refractivity contribution in [1.29, 1.82) is 0 Å². The van der Waals surface area contributed by atoms with E-state index in [9.17, 15) is 18.0 Å². The third kappa shape index (κ3) is 4.23. The minimum absolute atomic E-state index is 0.0694. The number of methoxy groups -OCH3 is 1. The van der Waals surface area contributed by atoms with Gasteiger partial charge in [-0.25, -0.2) is 9.86 Å². The van der Waals surface area contributed by atoms with Crippen LogP contribution in [0.1, 0.15) is 78.3 Å². The van der Waals surface area contributed by atoms with Crippen LogP contribution in [0.25, 0.3) is 22.2 Å². The Hall–Kier alpha value is -3.41. The molecule has 2 saturated heterocycles. The topological polar surface area (TPSA) is 127 Å². The minimum Gasteiger partial charge on any atom is -0.497 e. The van der Waals surface area contributed by atoms with E-state index in [1.807, 2.05) is 16.9 Å². The summed E-state index contributed by atoms with van der Waals surface area (Å²) in [5.41, 5.74) is 5.15. The smallest absolute Gasteiger partial charge is 0.298 e. The molecular weight excluding hydrogens is 578 g/mol. The summed E-state index contributed by atoms with van der Waals surface area (Å²) in [5.74, 6) is 0.668. The molecule has 2 bridgehead atoms. The fourth-order valence-electron chi connectivity index (χ4n) is 9.01. The molecular formula is C33H39N5O5S. The molecule has 3 aliphatic heterocycles. The third-order valence-corrected chi connectivity index (χ3v) is 11.7. The number of fused-ring (bicyclic) bond motifs is 9. The summed E-state index contributed by atoms with van der Waals surface area (Å²) < 4.78 is 33.3. The van der Waals surface area contributed by atoms with Crippen molar-refractivity contribution in [3.05, 3.63) is 53.1 Å². The molecule has 4 heterocycles. The number of likely N-dealkylation sites (N-methyl/N-ethyl adjacent to an activating group) is 1. The Labute approximate surface area is 257 Å². The average molecular weight is 618 g/mol.